The number of nitrogens with zero attached hydrogens (tertiary/aromatic N) is 1. The van der Waals surface area contributed by atoms with Gasteiger partial charge in [0.25, 0.3) is 0 Å². The Hall–Kier alpha value is -1.40. The first-order valence-electron chi connectivity index (χ1n) is 6.70. The van der Waals surface area contributed by atoms with Crippen LogP contribution in [-0.2, 0) is 16.4 Å². The van der Waals surface area contributed by atoms with Crippen molar-refractivity contribution < 1.29 is 13.2 Å². The van der Waals surface area contributed by atoms with Crippen molar-refractivity contribution in [3.8, 4) is 0 Å². The van der Waals surface area contributed by atoms with Gasteiger partial charge in [0.2, 0.25) is 5.91 Å². The van der Waals surface area contributed by atoms with Crippen molar-refractivity contribution in [2.45, 2.75) is 25.9 Å². The third kappa shape index (κ3) is 3.80. The average molecular weight is 296 g/mol. The molecule has 1 atom stereocenters. The third-order valence-corrected chi connectivity index (χ3v) is 5.45. The van der Waals surface area contributed by atoms with Crippen LogP contribution in [-0.4, -0.2) is 43.3 Å². The normalized spacial score (nSPS) is 23.1. The predicted octanol–water partition coefficient (Wildman–Crippen LogP) is 0.794. The highest BCUT2D eigenvalue weighted by Gasteiger charge is 2.24. The van der Waals surface area contributed by atoms with Gasteiger partial charge in [-0.05, 0) is 31.0 Å². The number of sulfone groups is 1. The molecule has 1 fully saturated rings. The summed E-state index contributed by atoms with van der Waals surface area (Å²) in [5, 5.41) is 0. The number of rotatable bonds is 3. The fourth-order valence-corrected chi connectivity index (χ4v) is 3.77. The van der Waals surface area contributed by atoms with Crippen LogP contribution in [0.1, 0.15) is 29.3 Å². The molecular weight excluding hydrogens is 276 g/mol. The van der Waals surface area contributed by atoms with Crippen molar-refractivity contribution in [2.24, 2.45) is 5.73 Å². The van der Waals surface area contributed by atoms with Crippen LogP contribution in [0.3, 0.4) is 0 Å². The van der Waals surface area contributed by atoms with Crippen molar-refractivity contribution in [2.75, 3.05) is 18.1 Å². The topological polar surface area (TPSA) is 80.5 Å². The molecule has 6 heteroatoms. The second kappa shape index (κ2) is 5.93. The molecule has 1 aromatic rings. The molecule has 5 nitrogen and oxygen atoms in total. The zero-order valence-electron chi connectivity index (χ0n) is 11.6. The van der Waals surface area contributed by atoms with Gasteiger partial charge in [-0.15, -0.1) is 0 Å². The van der Waals surface area contributed by atoms with E-state index in [0.29, 0.717) is 25.1 Å². The summed E-state index contributed by atoms with van der Waals surface area (Å²) in [5.41, 5.74) is 6.75. The highest BCUT2D eigenvalue weighted by molar-refractivity contribution is 7.91. The summed E-state index contributed by atoms with van der Waals surface area (Å²) in [6.07, 6.45) is 0.668. The van der Waals surface area contributed by atoms with Gasteiger partial charge in [0.15, 0.2) is 9.84 Å². The molecule has 1 heterocycles. The van der Waals surface area contributed by atoms with Crippen LogP contribution >= 0.6 is 0 Å². The summed E-state index contributed by atoms with van der Waals surface area (Å²) in [6, 6.07) is 7.38. The smallest absolute Gasteiger partial charge is 0.248 e. The van der Waals surface area contributed by atoms with E-state index < -0.39 is 15.7 Å². The lowest BCUT2D eigenvalue weighted by molar-refractivity contribution is 0.1000. The quantitative estimate of drug-likeness (QED) is 0.894. The zero-order valence-corrected chi connectivity index (χ0v) is 12.4. The van der Waals surface area contributed by atoms with Crippen molar-refractivity contribution >= 4 is 15.7 Å². The Morgan fingerprint density at radius 3 is 2.55 bits per heavy atom. The zero-order chi connectivity index (χ0) is 14.8. The molecule has 20 heavy (non-hydrogen) atoms. The maximum atomic E-state index is 11.7. The van der Waals surface area contributed by atoms with Crippen molar-refractivity contribution in [3.63, 3.8) is 0 Å². The second-order valence-corrected chi connectivity index (χ2v) is 7.62. The lowest BCUT2D eigenvalue weighted by atomic mass is 10.1. The lowest BCUT2D eigenvalue weighted by Crippen LogP contribution is -2.33. The molecule has 2 rings (SSSR count). The van der Waals surface area contributed by atoms with Gasteiger partial charge in [0.05, 0.1) is 11.5 Å². The Morgan fingerprint density at radius 2 is 1.95 bits per heavy atom. The van der Waals surface area contributed by atoms with Crippen molar-refractivity contribution in [3.05, 3.63) is 35.4 Å². The molecule has 2 N–H and O–H groups in total. The summed E-state index contributed by atoms with van der Waals surface area (Å²) in [7, 11) is -2.90. The van der Waals surface area contributed by atoms with Crippen LogP contribution in [0.5, 0.6) is 0 Å². The Labute approximate surface area is 119 Å². The molecule has 1 aliphatic rings. The number of primary amides is 1. The summed E-state index contributed by atoms with van der Waals surface area (Å²) in [6.45, 7) is 3.30. The summed E-state index contributed by atoms with van der Waals surface area (Å²) < 4.78 is 23.3. The molecular formula is C14H20N2O3S. The van der Waals surface area contributed by atoms with Gasteiger partial charge in [-0.1, -0.05) is 12.1 Å². The molecule has 0 aromatic heterocycles. The summed E-state index contributed by atoms with van der Waals surface area (Å²) in [4.78, 5) is 13.2. The highest BCUT2D eigenvalue weighted by atomic mass is 32.2. The Kier molecular flexibility index (Phi) is 4.45. The van der Waals surface area contributed by atoms with E-state index in [-0.39, 0.29) is 17.5 Å². The molecule has 1 aromatic carbocycles. The molecule has 1 aliphatic heterocycles. The van der Waals surface area contributed by atoms with E-state index in [2.05, 4.69) is 11.8 Å². The predicted molar refractivity (Wildman–Crippen MR) is 78.1 cm³/mol. The molecule has 0 bridgehead atoms. The van der Waals surface area contributed by atoms with Crippen molar-refractivity contribution in [1.82, 2.24) is 4.90 Å². The van der Waals surface area contributed by atoms with E-state index in [4.69, 9.17) is 5.73 Å². The van der Waals surface area contributed by atoms with E-state index in [0.717, 1.165) is 5.56 Å². The number of amides is 1. The van der Waals surface area contributed by atoms with Gasteiger partial charge in [0.1, 0.15) is 0 Å². The third-order valence-electron chi connectivity index (χ3n) is 3.78. The largest absolute Gasteiger partial charge is 0.366 e. The van der Waals surface area contributed by atoms with Crippen LogP contribution in [0.15, 0.2) is 24.3 Å². The molecule has 0 saturated carbocycles. The van der Waals surface area contributed by atoms with E-state index in [1.807, 2.05) is 12.1 Å². The van der Waals surface area contributed by atoms with Gasteiger partial charge < -0.3 is 5.73 Å². The first-order valence-corrected chi connectivity index (χ1v) is 8.53. The Morgan fingerprint density at radius 1 is 1.30 bits per heavy atom. The number of hydrogen-bond acceptors (Lipinski definition) is 4. The van der Waals surface area contributed by atoms with E-state index in [1.54, 1.807) is 12.1 Å². The van der Waals surface area contributed by atoms with Crippen LogP contribution < -0.4 is 5.73 Å². The minimum absolute atomic E-state index is 0.219. The first kappa shape index (κ1) is 15.0. The van der Waals surface area contributed by atoms with Crippen LogP contribution in [0, 0.1) is 0 Å². The standard InChI is InChI=1S/C14H20N2O3S/c1-11-6-8-20(18,19)9-7-16(11)10-12-2-4-13(5-3-12)14(15)17/h2-5,11H,6-10H2,1H3,(H2,15,17). The molecule has 1 amide bonds. The Bertz CT molecular complexity index is 581. The minimum Gasteiger partial charge on any atom is -0.366 e. The van der Waals surface area contributed by atoms with Gasteiger partial charge >= 0.3 is 0 Å². The average Bonchev–Trinajstić information content (AvgIpc) is 2.52. The van der Waals surface area contributed by atoms with Gasteiger partial charge in [-0.25, -0.2) is 8.42 Å². The number of hydrogen-bond donors (Lipinski definition) is 1. The molecule has 1 unspecified atom stereocenters. The van der Waals surface area contributed by atoms with Gasteiger partial charge in [-0.3, -0.25) is 9.69 Å². The first-order chi connectivity index (χ1) is 9.37. The number of carbonyl (C=O) groups is 1. The molecule has 110 valence electrons. The summed E-state index contributed by atoms with van der Waals surface area (Å²) >= 11 is 0. The van der Waals surface area contributed by atoms with E-state index >= 15 is 0 Å². The molecule has 0 spiro atoms. The number of benzene rings is 1. The van der Waals surface area contributed by atoms with Crippen LogP contribution in [0.2, 0.25) is 0 Å². The molecule has 1 saturated heterocycles. The van der Waals surface area contributed by atoms with E-state index in [9.17, 15) is 13.2 Å². The van der Waals surface area contributed by atoms with Crippen LogP contribution in [0.25, 0.3) is 0 Å². The van der Waals surface area contributed by atoms with Gasteiger partial charge in [-0.2, -0.15) is 0 Å². The Balaban J connectivity index is 2.06. The maximum absolute atomic E-state index is 11.7. The van der Waals surface area contributed by atoms with E-state index in [1.165, 1.54) is 0 Å². The molecule has 0 radical (unpaired) electrons. The fraction of sp³-hybridized carbons (Fsp3) is 0.500. The number of nitrogens with two attached hydrogens (primary N) is 1. The fourth-order valence-electron chi connectivity index (χ4n) is 2.36. The van der Waals surface area contributed by atoms with Gasteiger partial charge in [0, 0.05) is 24.7 Å². The highest BCUT2D eigenvalue weighted by Crippen LogP contribution is 2.16. The minimum atomic E-state index is -2.90. The lowest BCUT2D eigenvalue weighted by Gasteiger charge is -2.26. The second-order valence-electron chi connectivity index (χ2n) is 5.32. The summed E-state index contributed by atoms with van der Waals surface area (Å²) in [5.74, 6) is 0.0490. The van der Waals surface area contributed by atoms with Crippen molar-refractivity contribution in [1.29, 1.82) is 0 Å². The SMILES string of the molecule is CC1CCS(=O)(=O)CCN1Cc1ccc(C(N)=O)cc1. The molecule has 0 aliphatic carbocycles. The monoisotopic (exact) mass is 296 g/mol. The number of carbonyl (C=O) groups excluding carboxylic acids is 1. The van der Waals surface area contributed by atoms with Crippen LogP contribution in [0.4, 0.5) is 0 Å². The maximum Gasteiger partial charge on any atom is 0.248 e.